The lowest BCUT2D eigenvalue weighted by atomic mass is 10.2. The molecule has 1 heterocycles. The minimum atomic E-state index is -0.414. The molecule has 0 bridgehead atoms. The van der Waals surface area contributed by atoms with Gasteiger partial charge >= 0.3 is 0 Å². The average Bonchev–Trinajstić information content (AvgIpc) is 2.49. The molecule has 110 valence electrons. The van der Waals surface area contributed by atoms with Crippen LogP contribution in [0.25, 0.3) is 0 Å². The van der Waals surface area contributed by atoms with Crippen molar-refractivity contribution in [2.24, 2.45) is 0 Å². The first-order valence-corrected chi connectivity index (χ1v) is 7.02. The fraction of sp³-hybridized carbons (Fsp3) is 0.214. The van der Waals surface area contributed by atoms with Crippen molar-refractivity contribution in [3.8, 4) is 5.88 Å². The number of nitro benzene ring substituents is 1. The lowest BCUT2D eigenvalue weighted by Gasteiger charge is -2.09. The van der Waals surface area contributed by atoms with Gasteiger partial charge in [0.25, 0.3) is 5.69 Å². The topological polar surface area (TPSA) is 77.3 Å². The number of pyridine rings is 1. The zero-order valence-corrected chi connectivity index (χ0v) is 13.0. The van der Waals surface area contributed by atoms with Crippen molar-refractivity contribution >= 4 is 21.6 Å². The van der Waals surface area contributed by atoms with Crippen LogP contribution >= 0.6 is 15.9 Å². The zero-order valence-electron chi connectivity index (χ0n) is 11.4. The Morgan fingerprint density at radius 3 is 2.76 bits per heavy atom. The second-order valence-corrected chi connectivity index (χ2v) is 5.16. The van der Waals surface area contributed by atoms with Gasteiger partial charge in [-0.3, -0.25) is 10.1 Å². The van der Waals surface area contributed by atoms with Crippen LogP contribution in [-0.2, 0) is 13.1 Å². The third-order valence-electron chi connectivity index (χ3n) is 2.92. The van der Waals surface area contributed by atoms with Gasteiger partial charge in [0, 0.05) is 41.5 Å². The summed E-state index contributed by atoms with van der Waals surface area (Å²) in [5, 5.41) is 13.9. The molecule has 0 atom stereocenters. The summed E-state index contributed by atoms with van der Waals surface area (Å²) >= 11 is 3.35. The Hall–Kier alpha value is -1.99. The number of benzene rings is 1. The molecule has 7 heteroatoms. The summed E-state index contributed by atoms with van der Waals surface area (Å²) in [6, 6.07) is 8.51. The molecule has 2 rings (SSSR count). The normalized spacial score (nSPS) is 10.4. The summed E-state index contributed by atoms with van der Waals surface area (Å²) in [5.74, 6) is 0.591. The van der Waals surface area contributed by atoms with Crippen molar-refractivity contribution < 1.29 is 9.66 Å². The SMILES string of the molecule is COc1ncccc1CNCc1ccc([N+](=O)[O-])cc1Br. The molecule has 0 saturated carbocycles. The third kappa shape index (κ3) is 3.99. The van der Waals surface area contributed by atoms with Crippen LogP contribution in [0.3, 0.4) is 0 Å². The number of non-ortho nitro benzene ring substituents is 1. The standard InChI is InChI=1S/C14H14BrN3O3/c1-21-14-11(3-2-6-17-14)9-16-8-10-4-5-12(18(19)20)7-13(10)15/h2-7,16H,8-9H2,1H3. The number of methoxy groups -OCH3 is 1. The van der Waals surface area contributed by atoms with Crippen LogP contribution < -0.4 is 10.1 Å². The van der Waals surface area contributed by atoms with Crippen LogP contribution in [0.2, 0.25) is 0 Å². The van der Waals surface area contributed by atoms with E-state index in [9.17, 15) is 10.1 Å². The van der Waals surface area contributed by atoms with Gasteiger partial charge in [-0.05, 0) is 17.7 Å². The summed E-state index contributed by atoms with van der Waals surface area (Å²) in [6.07, 6.45) is 1.68. The fourth-order valence-corrected chi connectivity index (χ4v) is 2.37. The van der Waals surface area contributed by atoms with Gasteiger partial charge < -0.3 is 10.1 Å². The summed E-state index contributed by atoms with van der Waals surface area (Å²) in [4.78, 5) is 14.4. The van der Waals surface area contributed by atoms with Gasteiger partial charge in [0.05, 0.1) is 12.0 Å². The highest BCUT2D eigenvalue weighted by Gasteiger charge is 2.09. The molecule has 2 aromatic rings. The Kier molecular flexibility index (Phi) is 5.24. The highest BCUT2D eigenvalue weighted by molar-refractivity contribution is 9.10. The van der Waals surface area contributed by atoms with Crippen molar-refractivity contribution in [3.63, 3.8) is 0 Å². The maximum atomic E-state index is 10.7. The molecule has 6 nitrogen and oxygen atoms in total. The smallest absolute Gasteiger partial charge is 0.270 e. The van der Waals surface area contributed by atoms with E-state index in [0.717, 1.165) is 11.1 Å². The van der Waals surface area contributed by atoms with E-state index in [4.69, 9.17) is 4.74 Å². The number of hydrogen-bond donors (Lipinski definition) is 1. The van der Waals surface area contributed by atoms with Crippen molar-refractivity contribution in [1.82, 2.24) is 10.3 Å². The highest BCUT2D eigenvalue weighted by atomic mass is 79.9. The summed E-state index contributed by atoms with van der Waals surface area (Å²) in [6.45, 7) is 1.18. The van der Waals surface area contributed by atoms with Crippen LogP contribution in [0.4, 0.5) is 5.69 Å². The van der Waals surface area contributed by atoms with Gasteiger partial charge in [-0.15, -0.1) is 0 Å². The van der Waals surface area contributed by atoms with Crippen LogP contribution in [0.1, 0.15) is 11.1 Å². The first kappa shape index (κ1) is 15.4. The molecule has 1 aromatic carbocycles. The number of nitrogens with zero attached hydrogens (tertiary/aromatic N) is 2. The summed E-state index contributed by atoms with van der Waals surface area (Å²) < 4.78 is 5.89. The largest absolute Gasteiger partial charge is 0.481 e. The Balaban J connectivity index is 1.99. The number of hydrogen-bond acceptors (Lipinski definition) is 5. The quantitative estimate of drug-likeness (QED) is 0.639. The monoisotopic (exact) mass is 351 g/mol. The lowest BCUT2D eigenvalue weighted by molar-refractivity contribution is -0.384. The van der Waals surface area contributed by atoms with E-state index >= 15 is 0 Å². The first-order chi connectivity index (χ1) is 10.1. The molecular weight excluding hydrogens is 338 g/mol. The molecule has 0 saturated heterocycles. The molecule has 0 aliphatic rings. The number of halogens is 1. The van der Waals surface area contributed by atoms with E-state index in [1.807, 2.05) is 12.1 Å². The Bertz CT molecular complexity index is 649. The van der Waals surface area contributed by atoms with E-state index in [1.54, 1.807) is 19.4 Å². The molecule has 0 radical (unpaired) electrons. The van der Waals surface area contributed by atoms with Crippen molar-refractivity contribution in [2.75, 3.05) is 7.11 Å². The molecule has 21 heavy (non-hydrogen) atoms. The molecule has 0 spiro atoms. The Labute approximate surface area is 130 Å². The van der Waals surface area contributed by atoms with Gasteiger partial charge in [0.1, 0.15) is 0 Å². The lowest BCUT2D eigenvalue weighted by Crippen LogP contribution is -2.14. The predicted molar refractivity (Wildman–Crippen MR) is 82.1 cm³/mol. The Morgan fingerprint density at radius 2 is 2.10 bits per heavy atom. The molecule has 1 N–H and O–H groups in total. The zero-order chi connectivity index (χ0) is 15.2. The first-order valence-electron chi connectivity index (χ1n) is 6.23. The number of nitro groups is 1. The summed E-state index contributed by atoms with van der Waals surface area (Å²) in [7, 11) is 1.58. The number of aromatic nitrogens is 1. The minimum Gasteiger partial charge on any atom is -0.481 e. The third-order valence-corrected chi connectivity index (χ3v) is 3.66. The van der Waals surface area contributed by atoms with Crippen LogP contribution in [0.5, 0.6) is 5.88 Å². The molecule has 0 fully saturated rings. The molecule has 0 unspecified atom stereocenters. The number of nitrogens with one attached hydrogen (secondary N) is 1. The average molecular weight is 352 g/mol. The van der Waals surface area contributed by atoms with E-state index in [-0.39, 0.29) is 5.69 Å². The van der Waals surface area contributed by atoms with Crippen LogP contribution in [-0.4, -0.2) is 17.0 Å². The van der Waals surface area contributed by atoms with E-state index in [2.05, 4.69) is 26.2 Å². The van der Waals surface area contributed by atoms with Gasteiger partial charge in [-0.2, -0.15) is 0 Å². The fourth-order valence-electron chi connectivity index (χ4n) is 1.87. The Morgan fingerprint density at radius 1 is 1.33 bits per heavy atom. The van der Waals surface area contributed by atoms with Gasteiger partial charge in [-0.25, -0.2) is 4.98 Å². The van der Waals surface area contributed by atoms with Crippen molar-refractivity contribution in [3.05, 3.63) is 62.2 Å². The molecule has 0 amide bonds. The second-order valence-electron chi connectivity index (χ2n) is 4.31. The molecular formula is C14H14BrN3O3. The predicted octanol–water partition coefficient (Wildman–Crippen LogP) is 3.05. The van der Waals surface area contributed by atoms with E-state index < -0.39 is 4.92 Å². The second kappa shape index (κ2) is 7.14. The van der Waals surface area contributed by atoms with Crippen LogP contribution in [0, 0.1) is 10.1 Å². The van der Waals surface area contributed by atoms with Gasteiger partial charge in [-0.1, -0.05) is 22.0 Å². The van der Waals surface area contributed by atoms with E-state index in [0.29, 0.717) is 23.4 Å². The molecule has 0 aliphatic carbocycles. The van der Waals surface area contributed by atoms with E-state index in [1.165, 1.54) is 12.1 Å². The van der Waals surface area contributed by atoms with Gasteiger partial charge in [0.15, 0.2) is 0 Å². The minimum absolute atomic E-state index is 0.0690. The number of rotatable bonds is 6. The maximum Gasteiger partial charge on any atom is 0.270 e. The van der Waals surface area contributed by atoms with Crippen LogP contribution in [0.15, 0.2) is 41.0 Å². The number of ether oxygens (including phenoxy) is 1. The van der Waals surface area contributed by atoms with Gasteiger partial charge in [0.2, 0.25) is 5.88 Å². The van der Waals surface area contributed by atoms with Crippen molar-refractivity contribution in [1.29, 1.82) is 0 Å². The van der Waals surface area contributed by atoms with Crippen molar-refractivity contribution in [2.45, 2.75) is 13.1 Å². The maximum absolute atomic E-state index is 10.7. The highest BCUT2D eigenvalue weighted by Crippen LogP contribution is 2.23. The molecule has 0 aliphatic heterocycles. The summed E-state index contributed by atoms with van der Waals surface area (Å²) in [5.41, 5.74) is 1.97. The molecule has 1 aromatic heterocycles.